The van der Waals surface area contributed by atoms with E-state index in [-0.39, 0.29) is 24.4 Å². The van der Waals surface area contributed by atoms with Crippen molar-refractivity contribution in [2.24, 2.45) is 0 Å². The van der Waals surface area contributed by atoms with E-state index in [0.717, 1.165) is 46.0 Å². The Kier molecular flexibility index (Phi) is 7.86. The van der Waals surface area contributed by atoms with Gasteiger partial charge in [0, 0.05) is 41.9 Å². The number of anilines is 1. The van der Waals surface area contributed by atoms with Crippen LogP contribution in [0.15, 0.2) is 79.0 Å². The van der Waals surface area contributed by atoms with Gasteiger partial charge < -0.3 is 20.1 Å². The third-order valence-electron chi connectivity index (χ3n) is 7.42. The van der Waals surface area contributed by atoms with Gasteiger partial charge in [0.1, 0.15) is 0 Å². The van der Waals surface area contributed by atoms with Crippen LogP contribution in [-0.4, -0.2) is 32.0 Å². The van der Waals surface area contributed by atoms with Crippen LogP contribution < -0.4 is 10.6 Å². The van der Waals surface area contributed by atoms with E-state index in [1.54, 1.807) is 12.3 Å². The highest BCUT2D eigenvalue weighted by Crippen LogP contribution is 2.42. The molecule has 0 aliphatic carbocycles. The van der Waals surface area contributed by atoms with Crippen molar-refractivity contribution >= 4 is 28.9 Å². The molecule has 6 nitrogen and oxygen atoms in total. The number of nitrogens with zero attached hydrogens (tertiary/aromatic N) is 3. The highest BCUT2D eigenvalue weighted by atomic mass is 32.1. The van der Waals surface area contributed by atoms with Crippen molar-refractivity contribution in [2.45, 2.75) is 45.5 Å². The number of hydrogen-bond acceptors (Lipinski definition) is 3. The van der Waals surface area contributed by atoms with Crippen molar-refractivity contribution in [3.8, 4) is 5.69 Å². The third-order valence-corrected chi connectivity index (χ3v) is 7.77. The second kappa shape index (κ2) is 11.4. The minimum atomic E-state index is -4.45. The molecule has 1 amide bonds. The molecule has 1 aliphatic heterocycles. The fourth-order valence-electron chi connectivity index (χ4n) is 5.44. The lowest BCUT2D eigenvalue weighted by atomic mass is 9.96. The van der Waals surface area contributed by atoms with Gasteiger partial charge in [-0.25, -0.2) is 0 Å². The Morgan fingerprint density at radius 2 is 1.78 bits per heavy atom. The Morgan fingerprint density at radius 1 is 1.02 bits per heavy atom. The summed E-state index contributed by atoms with van der Waals surface area (Å²) in [6.45, 7) is 6.03. The lowest BCUT2D eigenvalue weighted by Crippen LogP contribution is -2.33. The smallest absolute Gasteiger partial charge is 0.352 e. The maximum atomic E-state index is 13.5. The lowest BCUT2D eigenvalue weighted by molar-refractivity contribution is -0.137. The summed E-state index contributed by atoms with van der Waals surface area (Å²) in [6.07, 6.45) is -2.55. The van der Waals surface area contributed by atoms with Crippen LogP contribution >= 0.6 is 12.2 Å². The van der Waals surface area contributed by atoms with Crippen LogP contribution in [0.5, 0.6) is 0 Å². The van der Waals surface area contributed by atoms with E-state index in [2.05, 4.69) is 15.6 Å². The number of nitrogens with one attached hydrogen (secondary N) is 2. The predicted octanol–water partition coefficient (Wildman–Crippen LogP) is 6.82. The van der Waals surface area contributed by atoms with E-state index < -0.39 is 11.7 Å². The molecule has 1 fully saturated rings. The number of para-hydroxylation sites is 1. The summed E-state index contributed by atoms with van der Waals surface area (Å²) >= 11 is 5.76. The molecule has 4 aromatic rings. The molecule has 0 radical (unpaired) electrons. The first-order valence-electron chi connectivity index (χ1n) is 13.2. The molecule has 0 bridgehead atoms. The monoisotopic (exact) mass is 577 g/mol. The zero-order valence-corrected chi connectivity index (χ0v) is 23.7. The maximum Gasteiger partial charge on any atom is 0.416 e. The fourth-order valence-corrected chi connectivity index (χ4v) is 5.77. The molecule has 1 saturated heterocycles. The lowest BCUT2D eigenvalue weighted by Gasteiger charge is -2.28. The molecule has 1 aliphatic rings. The molecule has 0 saturated carbocycles. The van der Waals surface area contributed by atoms with Crippen molar-refractivity contribution in [3.63, 3.8) is 0 Å². The normalized spacial score (nSPS) is 17.0. The van der Waals surface area contributed by atoms with Crippen molar-refractivity contribution in [2.75, 3.05) is 11.9 Å². The molecule has 0 spiro atoms. The van der Waals surface area contributed by atoms with E-state index in [0.29, 0.717) is 17.3 Å². The quantitative estimate of drug-likeness (QED) is 0.236. The van der Waals surface area contributed by atoms with Crippen LogP contribution in [0.25, 0.3) is 5.69 Å². The van der Waals surface area contributed by atoms with E-state index in [9.17, 15) is 18.0 Å². The summed E-state index contributed by atoms with van der Waals surface area (Å²) in [4.78, 5) is 19.5. The number of alkyl halides is 3. The maximum absolute atomic E-state index is 13.5. The molecule has 2 aromatic carbocycles. The van der Waals surface area contributed by atoms with Crippen LogP contribution in [0.3, 0.4) is 0 Å². The average molecular weight is 578 g/mol. The standard InChI is InChI=1S/C31H30F3N5OS/c1-19-9-4-5-12-25(19)36-27(40)14-16-38-29(28(37-30(38)41)26-13-6-7-15-35-26)24-17-20(2)39(21(24)3)23-11-8-10-22(18-23)31(32,33)34/h4-13,15,17-18,28-29H,14,16H2,1-3H3,(H,36,40)(H,37,41)/t28-,29-/m1/s1. The van der Waals surface area contributed by atoms with E-state index in [1.807, 2.05) is 78.8 Å². The average Bonchev–Trinajstić information content (AvgIpc) is 3.43. The van der Waals surface area contributed by atoms with Gasteiger partial charge in [-0.2, -0.15) is 13.2 Å². The molecule has 2 atom stereocenters. The van der Waals surface area contributed by atoms with Crippen molar-refractivity contribution in [1.29, 1.82) is 0 Å². The third kappa shape index (κ3) is 5.83. The van der Waals surface area contributed by atoms with E-state index >= 15 is 0 Å². The van der Waals surface area contributed by atoms with Crippen molar-refractivity contribution in [1.82, 2.24) is 19.8 Å². The zero-order valence-electron chi connectivity index (χ0n) is 22.9. The van der Waals surface area contributed by atoms with Gasteiger partial charge in [-0.3, -0.25) is 9.78 Å². The van der Waals surface area contributed by atoms with Gasteiger partial charge in [0.15, 0.2) is 5.11 Å². The van der Waals surface area contributed by atoms with Crippen molar-refractivity contribution in [3.05, 3.63) is 113 Å². The number of pyridine rings is 1. The number of aryl methyl sites for hydroxylation is 2. The van der Waals surface area contributed by atoms with Gasteiger partial charge in [-0.05, 0) is 86.6 Å². The zero-order chi connectivity index (χ0) is 29.3. The Morgan fingerprint density at radius 3 is 2.49 bits per heavy atom. The number of carbonyl (C=O) groups is 1. The Hall–Kier alpha value is -4.18. The molecule has 3 heterocycles. The van der Waals surface area contributed by atoms with Crippen LogP contribution in [0, 0.1) is 20.8 Å². The summed E-state index contributed by atoms with van der Waals surface area (Å²) in [5, 5.41) is 6.84. The number of rotatable bonds is 7. The first-order chi connectivity index (χ1) is 19.5. The molecule has 41 heavy (non-hydrogen) atoms. The van der Waals surface area contributed by atoms with Crippen LogP contribution in [-0.2, 0) is 11.0 Å². The number of carbonyl (C=O) groups excluding carboxylic acids is 1. The SMILES string of the molecule is Cc1ccccc1NC(=O)CCN1C(=S)N[C@H](c2ccccn2)[C@H]1c1cc(C)n(-c2cccc(C(F)(F)F)c2)c1C. The number of benzene rings is 2. The topological polar surface area (TPSA) is 62.2 Å². The molecule has 2 N–H and O–H groups in total. The van der Waals surface area contributed by atoms with Gasteiger partial charge in [0.25, 0.3) is 0 Å². The minimum absolute atomic E-state index is 0.142. The second-order valence-corrected chi connectivity index (χ2v) is 10.5. The van der Waals surface area contributed by atoms with Gasteiger partial charge in [-0.15, -0.1) is 0 Å². The Labute approximate surface area is 242 Å². The highest BCUT2D eigenvalue weighted by molar-refractivity contribution is 7.80. The number of amides is 1. The Bertz CT molecular complexity index is 1580. The summed E-state index contributed by atoms with van der Waals surface area (Å²) < 4.78 is 42.3. The Balaban J connectivity index is 1.49. The van der Waals surface area contributed by atoms with Gasteiger partial charge in [0.05, 0.1) is 23.3 Å². The summed E-state index contributed by atoms with van der Waals surface area (Å²) in [5.41, 5.74) is 4.67. The van der Waals surface area contributed by atoms with Gasteiger partial charge in [0.2, 0.25) is 5.91 Å². The summed E-state index contributed by atoms with van der Waals surface area (Å²) in [5.74, 6) is -0.142. The van der Waals surface area contributed by atoms with Gasteiger partial charge >= 0.3 is 6.18 Å². The first kappa shape index (κ1) is 28.4. The van der Waals surface area contributed by atoms with Crippen LogP contribution in [0.2, 0.25) is 0 Å². The van der Waals surface area contributed by atoms with E-state index in [4.69, 9.17) is 12.2 Å². The number of halogens is 3. The number of aromatic nitrogens is 2. The number of thiocarbonyl (C=S) groups is 1. The van der Waals surface area contributed by atoms with Crippen LogP contribution in [0.1, 0.15) is 52.3 Å². The summed E-state index contributed by atoms with van der Waals surface area (Å²) in [6, 6.07) is 19.8. The van der Waals surface area contributed by atoms with Gasteiger partial charge in [-0.1, -0.05) is 30.3 Å². The molecule has 10 heteroatoms. The van der Waals surface area contributed by atoms with Crippen molar-refractivity contribution < 1.29 is 18.0 Å². The largest absolute Gasteiger partial charge is 0.416 e. The molecular weight excluding hydrogens is 547 g/mol. The molecule has 212 valence electrons. The minimum Gasteiger partial charge on any atom is -0.352 e. The molecule has 2 aromatic heterocycles. The second-order valence-electron chi connectivity index (χ2n) is 10.1. The van der Waals surface area contributed by atoms with Crippen LogP contribution in [0.4, 0.5) is 18.9 Å². The fraction of sp³-hybridized carbons (Fsp3) is 0.258. The molecular formula is C31H30F3N5OS. The first-order valence-corrected chi connectivity index (χ1v) is 13.7. The molecule has 5 rings (SSSR count). The predicted molar refractivity (Wildman–Crippen MR) is 157 cm³/mol. The highest BCUT2D eigenvalue weighted by Gasteiger charge is 2.41. The van der Waals surface area contributed by atoms with E-state index in [1.165, 1.54) is 6.07 Å². The summed E-state index contributed by atoms with van der Waals surface area (Å²) in [7, 11) is 0. The molecule has 0 unspecified atom stereocenters. The number of hydrogen-bond donors (Lipinski definition) is 2.